The third-order valence-electron chi connectivity index (χ3n) is 4.44. The van der Waals surface area contributed by atoms with E-state index in [1.54, 1.807) is 36.9 Å². The highest BCUT2D eigenvalue weighted by molar-refractivity contribution is 6.04. The molecule has 3 rings (SSSR count). The van der Waals surface area contributed by atoms with E-state index < -0.39 is 5.91 Å². The van der Waals surface area contributed by atoms with Crippen molar-refractivity contribution in [1.29, 1.82) is 0 Å². The first-order valence-corrected chi connectivity index (χ1v) is 9.41. The smallest absolute Gasteiger partial charge is 0.256 e. The number of rotatable bonds is 9. The topological polar surface area (TPSA) is 119 Å². The predicted octanol–water partition coefficient (Wildman–Crippen LogP) is 1.87. The molecule has 0 aliphatic rings. The molecule has 0 saturated heterocycles. The van der Waals surface area contributed by atoms with E-state index in [2.05, 4.69) is 25.6 Å². The lowest BCUT2D eigenvalue weighted by Crippen LogP contribution is -2.22. The number of hydrogen-bond donors (Lipinski definition) is 3. The number of fused-ring (bicyclic) bond motifs is 1. The third-order valence-corrected chi connectivity index (χ3v) is 4.44. The molecule has 2 aromatic heterocycles. The van der Waals surface area contributed by atoms with Gasteiger partial charge in [0.2, 0.25) is 0 Å². The van der Waals surface area contributed by atoms with Crippen LogP contribution in [0.25, 0.3) is 5.65 Å². The third kappa shape index (κ3) is 4.54. The summed E-state index contributed by atoms with van der Waals surface area (Å²) in [6, 6.07) is 7.17. The number of carbonyl (C=O) groups excluding carboxylic acids is 1. The zero-order valence-electron chi connectivity index (χ0n) is 17.8. The molecule has 3 aromatic rings. The summed E-state index contributed by atoms with van der Waals surface area (Å²) in [5, 5.41) is 11.0. The molecule has 0 bridgehead atoms. The van der Waals surface area contributed by atoms with E-state index in [1.165, 1.54) is 0 Å². The Kier molecular flexibility index (Phi) is 6.26. The Morgan fingerprint density at radius 3 is 2.40 bits per heavy atom. The summed E-state index contributed by atoms with van der Waals surface area (Å²) in [4.78, 5) is 18.8. The lowest BCUT2D eigenvalue weighted by atomic mass is 10.2. The zero-order chi connectivity index (χ0) is 21.8. The highest BCUT2D eigenvalue weighted by Crippen LogP contribution is 2.30. The summed E-state index contributed by atoms with van der Waals surface area (Å²) in [7, 11) is 7.13. The number of aryl methyl sites for hydroxylation is 1. The lowest BCUT2D eigenvalue weighted by Gasteiger charge is -2.12. The van der Waals surface area contributed by atoms with Crippen molar-refractivity contribution in [2.75, 3.05) is 52.0 Å². The largest absolute Gasteiger partial charge is 0.497 e. The van der Waals surface area contributed by atoms with E-state index in [1.807, 2.05) is 27.1 Å². The standard InChI is InChI=1S/C20H27N7O3/c1-12-8-16(22-6-7-26(2)3)27-20(23-12)17(18(21)28)19(25-27)24-13-9-14(29-4)11-15(10-13)30-5/h8-11,22H,6-7H2,1-5H3,(H2,21,28)(H,24,25). The van der Waals surface area contributed by atoms with Gasteiger partial charge in [0.15, 0.2) is 11.5 Å². The molecule has 0 unspecified atom stereocenters. The molecule has 160 valence electrons. The van der Waals surface area contributed by atoms with E-state index >= 15 is 0 Å². The van der Waals surface area contributed by atoms with E-state index in [0.29, 0.717) is 35.2 Å². The number of methoxy groups -OCH3 is 2. The van der Waals surface area contributed by atoms with Crippen LogP contribution < -0.4 is 25.8 Å². The van der Waals surface area contributed by atoms with Gasteiger partial charge in [0, 0.05) is 48.7 Å². The van der Waals surface area contributed by atoms with Crippen molar-refractivity contribution < 1.29 is 14.3 Å². The maximum absolute atomic E-state index is 12.3. The monoisotopic (exact) mass is 413 g/mol. The first kappa shape index (κ1) is 21.2. The Morgan fingerprint density at radius 1 is 1.17 bits per heavy atom. The first-order valence-electron chi connectivity index (χ1n) is 9.41. The summed E-state index contributed by atoms with van der Waals surface area (Å²) < 4.78 is 12.2. The van der Waals surface area contributed by atoms with Gasteiger partial charge in [-0.15, -0.1) is 5.10 Å². The summed E-state index contributed by atoms with van der Waals surface area (Å²) >= 11 is 0. The lowest BCUT2D eigenvalue weighted by molar-refractivity contribution is 0.100. The van der Waals surface area contributed by atoms with Crippen molar-refractivity contribution in [1.82, 2.24) is 19.5 Å². The molecular weight excluding hydrogens is 386 g/mol. The summed E-state index contributed by atoms with van der Waals surface area (Å²) in [5.41, 5.74) is 7.65. The highest BCUT2D eigenvalue weighted by Gasteiger charge is 2.21. The zero-order valence-corrected chi connectivity index (χ0v) is 17.8. The fraction of sp³-hybridized carbons (Fsp3) is 0.350. The van der Waals surface area contributed by atoms with Gasteiger partial charge >= 0.3 is 0 Å². The molecule has 30 heavy (non-hydrogen) atoms. The van der Waals surface area contributed by atoms with Crippen molar-refractivity contribution >= 4 is 28.9 Å². The van der Waals surface area contributed by atoms with Crippen LogP contribution in [0.1, 0.15) is 16.1 Å². The number of aromatic nitrogens is 3. The molecule has 0 aliphatic heterocycles. The van der Waals surface area contributed by atoms with Gasteiger partial charge in [0.05, 0.1) is 14.2 Å². The maximum Gasteiger partial charge on any atom is 0.256 e. The van der Waals surface area contributed by atoms with Gasteiger partial charge in [-0.3, -0.25) is 4.79 Å². The van der Waals surface area contributed by atoms with Crippen molar-refractivity contribution in [3.8, 4) is 11.5 Å². The SMILES string of the molecule is COc1cc(Nc2nn3c(NCCN(C)C)cc(C)nc3c2C(N)=O)cc(OC)c1. The number of hydrogen-bond acceptors (Lipinski definition) is 8. The number of nitrogens with two attached hydrogens (primary N) is 1. The van der Waals surface area contributed by atoms with Crippen LogP contribution in [0, 0.1) is 6.92 Å². The maximum atomic E-state index is 12.3. The van der Waals surface area contributed by atoms with E-state index in [-0.39, 0.29) is 5.56 Å². The molecule has 0 fully saturated rings. The Balaban J connectivity index is 2.06. The Labute approximate surface area is 175 Å². The van der Waals surface area contributed by atoms with Gasteiger partial charge in [-0.25, -0.2) is 4.98 Å². The minimum Gasteiger partial charge on any atom is -0.497 e. The number of anilines is 3. The van der Waals surface area contributed by atoms with Crippen molar-refractivity contribution in [2.45, 2.75) is 6.92 Å². The molecule has 0 spiro atoms. The number of carbonyl (C=O) groups is 1. The van der Waals surface area contributed by atoms with Crippen molar-refractivity contribution in [3.05, 3.63) is 35.5 Å². The fourth-order valence-corrected chi connectivity index (χ4v) is 3.00. The van der Waals surface area contributed by atoms with Crippen LogP contribution in [-0.4, -0.2) is 66.8 Å². The molecule has 0 atom stereocenters. The molecule has 10 nitrogen and oxygen atoms in total. The van der Waals surface area contributed by atoms with Crippen molar-refractivity contribution in [3.63, 3.8) is 0 Å². The van der Waals surface area contributed by atoms with Crippen LogP contribution in [-0.2, 0) is 0 Å². The number of amides is 1. The average molecular weight is 413 g/mol. The molecule has 0 radical (unpaired) electrons. The number of nitrogens with zero attached hydrogens (tertiary/aromatic N) is 4. The van der Waals surface area contributed by atoms with Gasteiger partial charge in [-0.1, -0.05) is 0 Å². The minimum absolute atomic E-state index is 0.205. The van der Waals surface area contributed by atoms with Crippen LogP contribution in [0.3, 0.4) is 0 Å². The second-order valence-electron chi connectivity index (χ2n) is 7.06. The number of likely N-dealkylation sites (N-methyl/N-ethyl adjacent to an activating group) is 1. The molecule has 0 saturated carbocycles. The number of ether oxygens (including phenoxy) is 2. The number of benzene rings is 1. The van der Waals surface area contributed by atoms with Crippen LogP contribution in [0.4, 0.5) is 17.3 Å². The van der Waals surface area contributed by atoms with Crippen LogP contribution in [0.2, 0.25) is 0 Å². The van der Waals surface area contributed by atoms with Gasteiger partial charge in [-0.2, -0.15) is 4.52 Å². The fourth-order valence-electron chi connectivity index (χ4n) is 3.00. The quantitative estimate of drug-likeness (QED) is 0.486. The second-order valence-corrected chi connectivity index (χ2v) is 7.06. The molecule has 4 N–H and O–H groups in total. The van der Waals surface area contributed by atoms with Gasteiger partial charge in [0.25, 0.3) is 5.91 Å². The van der Waals surface area contributed by atoms with E-state index in [4.69, 9.17) is 15.2 Å². The van der Waals surface area contributed by atoms with Crippen LogP contribution in [0.15, 0.2) is 24.3 Å². The molecule has 1 amide bonds. The molecule has 1 aromatic carbocycles. The van der Waals surface area contributed by atoms with Crippen molar-refractivity contribution in [2.24, 2.45) is 5.73 Å². The summed E-state index contributed by atoms with van der Waals surface area (Å²) in [6.07, 6.45) is 0. The molecular formula is C20H27N7O3. The van der Waals surface area contributed by atoms with Gasteiger partial charge in [0.1, 0.15) is 22.9 Å². The highest BCUT2D eigenvalue weighted by atomic mass is 16.5. The summed E-state index contributed by atoms with van der Waals surface area (Å²) in [5.74, 6) is 1.59. The molecule has 10 heteroatoms. The first-order chi connectivity index (χ1) is 14.3. The molecule has 0 aliphatic carbocycles. The Morgan fingerprint density at radius 2 is 1.83 bits per heavy atom. The predicted molar refractivity (Wildman–Crippen MR) is 116 cm³/mol. The normalized spacial score (nSPS) is 11.0. The Hall–Kier alpha value is -3.53. The van der Waals surface area contributed by atoms with E-state index in [9.17, 15) is 4.79 Å². The Bertz CT molecular complexity index is 1040. The van der Waals surface area contributed by atoms with E-state index in [0.717, 1.165) is 18.1 Å². The average Bonchev–Trinajstić information content (AvgIpc) is 3.05. The molecule has 2 heterocycles. The minimum atomic E-state index is -0.625. The summed E-state index contributed by atoms with van der Waals surface area (Å²) in [6.45, 7) is 3.39. The second kappa shape index (κ2) is 8.87. The number of primary amides is 1. The van der Waals surface area contributed by atoms with Crippen LogP contribution >= 0.6 is 0 Å². The van der Waals surface area contributed by atoms with Crippen LogP contribution in [0.5, 0.6) is 11.5 Å². The number of nitrogens with one attached hydrogen (secondary N) is 2. The van der Waals surface area contributed by atoms with Gasteiger partial charge in [-0.05, 0) is 21.0 Å². The van der Waals surface area contributed by atoms with Gasteiger partial charge < -0.3 is 30.7 Å².